The molecule has 1 amide bonds. The first-order chi connectivity index (χ1) is 12.5. The first-order valence-corrected chi connectivity index (χ1v) is 8.77. The summed E-state index contributed by atoms with van der Waals surface area (Å²) in [6.07, 6.45) is -0.0988. The highest BCUT2D eigenvalue weighted by Gasteiger charge is 2.21. The molecule has 0 aliphatic carbocycles. The molecule has 1 N–H and O–H groups in total. The smallest absolute Gasteiger partial charge is 0.338 e. The van der Waals surface area contributed by atoms with E-state index in [1.54, 1.807) is 32.0 Å². The van der Waals surface area contributed by atoms with Crippen molar-refractivity contribution in [3.63, 3.8) is 0 Å². The highest BCUT2D eigenvalue weighted by Crippen LogP contribution is 2.22. The number of para-hydroxylation sites is 1. The van der Waals surface area contributed by atoms with E-state index in [2.05, 4.69) is 5.32 Å². The van der Waals surface area contributed by atoms with Crippen molar-refractivity contribution in [1.29, 1.82) is 0 Å². The maximum absolute atomic E-state index is 12.7. The second kappa shape index (κ2) is 9.04. The SMILES string of the molecule is CCOC(=O)c1cccc(NC(=O)C(CC)Oc2ccccc2C)c1C. The number of rotatable bonds is 7. The zero-order valence-electron chi connectivity index (χ0n) is 15.7. The van der Waals surface area contributed by atoms with Crippen LogP contribution in [-0.2, 0) is 9.53 Å². The van der Waals surface area contributed by atoms with Crippen molar-refractivity contribution in [2.75, 3.05) is 11.9 Å². The van der Waals surface area contributed by atoms with Crippen LogP contribution in [-0.4, -0.2) is 24.6 Å². The fourth-order valence-electron chi connectivity index (χ4n) is 2.58. The summed E-state index contributed by atoms with van der Waals surface area (Å²) in [6, 6.07) is 12.7. The number of nitrogens with one attached hydrogen (secondary N) is 1. The third-order valence-corrected chi connectivity index (χ3v) is 4.11. The van der Waals surface area contributed by atoms with Crippen molar-refractivity contribution in [3.8, 4) is 5.75 Å². The highest BCUT2D eigenvalue weighted by molar-refractivity contribution is 5.98. The van der Waals surface area contributed by atoms with E-state index in [4.69, 9.17) is 9.47 Å². The van der Waals surface area contributed by atoms with Gasteiger partial charge in [0.15, 0.2) is 6.10 Å². The quantitative estimate of drug-likeness (QED) is 0.753. The van der Waals surface area contributed by atoms with Gasteiger partial charge in [0.25, 0.3) is 5.91 Å². The second-order valence-electron chi connectivity index (χ2n) is 5.97. The Bertz CT molecular complexity index is 785. The van der Waals surface area contributed by atoms with Gasteiger partial charge in [-0.15, -0.1) is 0 Å². The van der Waals surface area contributed by atoms with Crippen LogP contribution in [0.25, 0.3) is 0 Å². The molecule has 0 bridgehead atoms. The molecule has 1 atom stereocenters. The highest BCUT2D eigenvalue weighted by atomic mass is 16.5. The maximum Gasteiger partial charge on any atom is 0.338 e. The summed E-state index contributed by atoms with van der Waals surface area (Å²) in [5.41, 5.74) is 2.66. The minimum Gasteiger partial charge on any atom is -0.480 e. The average Bonchev–Trinajstić information content (AvgIpc) is 2.62. The first kappa shape index (κ1) is 19.5. The number of ether oxygens (including phenoxy) is 2. The Morgan fingerprint density at radius 1 is 1.04 bits per heavy atom. The molecule has 5 heteroatoms. The van der Waals surface area contributed by atoms with Gasteiger partial charge in [0.1, 0.15) is 5.75 Å². The van der Waals surface area contributed by atoms with Gasteiger partial charge in [-0.3, -0.25) is 4.79 Å². The molecule has 138 valence electrons. The van der Waals surface area contributed by atoms with Gasteiger partial charge >= 0.3 is 5.97 Å². The van der Waals surface area contributed by atoms with Gasteiger partial charge in [0.2, 0.25) is 0 Å². The summed E-state index contributed by atoms with van der Waals surface area (Å²) >= 11 is 0. The molecular weight excluding hydrogens is 330 g/mol. The molecule has 0 spiro atoms. The number of hydrogen-bond acceptors (Lipinski definition) is 4. The van der Waals surface area contributed by atoms with Crippen LogP contribution in [0.1, 0.15) is 41.8 Å². The van der Waals surface area contributed by atoms with Gasteiger partial charge < -0.3 is 14.8 Å². The largest absolute Gasteiger partial charge is 0.480 e. The van der Waals surface area contributed by atoms with Crippen molar-refractivity contribution in [3.05, 3.63) is 59.2 Å². The Hall–Kier alpha value is -2.82. The van der Waals surface area contributed by atoms with Crippen LogP contribution < -0.4 is 10.1 Å². The molecule has 1 unspecified atom stereocenters. The number of amides is 1. The van der Waals surface area contributed by atoms with Crippen molar-refractivity contribution in [1.82, 2.24) is 0 Å². The number of carbonyl (C=O) groups is 2. The Morgan fingerprint density at radius 2 is 1.77 bits per heavy atom. The monoisotopic (exact) mass is 355 g/mol. The predicted molar refractivity (Wildman–Crippen MR) is 102 cm³/mol. The van der Waals surface area contributed by atoms with Crippen molar-refractivity contribution >= 4 is 17.6 Å². The van der Waals surface area contributed by atoms with Crippen LogP contribution in [0.4, 0.5) is 5.69 Å². The minimum absolute atomic E-state index is 0.250. The molecule has 0 saturated carbocycles. The minimum atomic E-state index is -0.623. The number of hydrogen-bond donors (Lipinski definition) is 1. The molecule has 0 aliphatic rings. The molecule has 0 heterocycles. The van der Waals surface area contributed by atoms with Crippen LogP contribution >= 0.6 is 0 Å². The molecule has 0 fully saturated rings. The van der Waals surface area contributed by atoms with E-state index in [9.17, 15) is 9.59 Å². The summed E-state index contributed by atoms with van der Waals surface area (Å²) in [5.74, 6) is 0.0376. The van der Waals surface area contributed by atoms with E-state index in [0.29, 0.717) is 35.6 Å². The van der Waals surface area contributed by atoms with Crippen molar-refractivity contribution < 1.29 is 19.1 Å². The predicted octanol–water partition coefficient (Wildman–Crippen LogP) is 4.28. The third-order valence-electron chi connectivity index (χ3n) is 4.11. The van der Waals surface area contributed by atoms with Crippen LogP contribution in [0.15, 0.2) is 42.5 Å². The molecule has 0 aromatic heterocycles. The fraction of sp³-hybridized carbons (Fsp3) is 0.333. The van der Waals surface area contributed by atoms with Crippen molar-refractivity contribution in [2.45, 2.75) is 40.2 Å². The van der Waals surface area contributed by atoms with Crippen molar-refractivity contribution in [2.24, 2.45) is 0 Å². The van der Waals surface area contributed by atoms with Crippen LogP contribution in [0.2, 0.25) is 0 Å². The molecule has 2 rings (SSSR count). The number of benzene rings is 2. The summed E-state index contributed by atoms with van der Waals surface area (Å²) in [6.45, 7) is 7.67. The van der Waals surface area contributed by atoms with Crippen LogP contribution in [0, 0.1) is 13.8 Å². The van der Waals surface area contributed by atoms with Gasteiger partial charge in [0.05, 0.1) is 12.2 Å². The van der Waals surface area contributed by atoms with Crippen LogP contribution in [0.3, 0.4) is 0 Å². The molecule has 2 aromatic rings. The second-order valence-corrected chi connectivity index (χ2v) is 5.97. The van der Waals surface area contributed by atoms with Gasteiger partial charge in [-0.05, 0) is 56.5 Å². The molecule has 2 aromatic carbocycles. The fourth-order valence-corrected chi connectivity index (χ4v) is 2.58. The Kier molecular flexibility index (Phi) is 6.78. The van der Waals surface area contributed by atoms with Gasteiger partial charge in [-0.25, -0.2) is 4.79 Å². The Balaban J connectivity index is 2.16. The number of esters is 1. The summed E-state index contributed by atoms with van der Waals surface area (Å²) in [7, 11) is 0. The number of carbonyl (C=O) groups excluding carboxylic acids is 2. The first-order valence-electron chi connectivity index (χ1n) is 8.77. The van der Waals surface area contributed by atoms with E-state index in [0.717, 1.165) is 5.56 Å². The molecule has 0 aliphatic heterocycles. The van der Waals surface area contributed by atoms with Gasteiger partial charge in [-0.2, -0.15) is 0 Å². The molecule has 26 heavy (non-hydrogen) atoms. The third kappa shape index (κ3) is 4.63. The summed E-state index contributed by atoms with van der Waals surface area (Å²) in [4.78, 5) is 24.7. The Morgan fingerprint density at radius 3 is 2.42 bits per heavy atom. The maximum atomic E-state index is 12.7. The van der Waals surface area contributed by atoms with Gasteiger partial charge in [-0.1, -0.05) is 31.2 Å². The topological polar surface area (TPSA) is 64.6 Å². The van der Waals surface area contributed by atoms with E-state index in [1.165, 1.54) is 0 Å². The van der Waals surface area contributed by atoms with Gasteiger partial charge in [0, 0.05) is 5.69 Å². The standard InChI is InChI=1S/C21H25NO4/c1-5-18(26-19-13-8-7-10-14(19)3)20(23)22-17-12-9-11-16(15(17)4)21(24)25-6-2/h7-13,18H,5-6H2,1-4H3,(H,22,23). The molecule has 0 saturated heterocycles. The zero-order valence-corrected chi connectivity index (χ0v) is 15.7. The zero-order chi connectivity index (χ0) is 19.1. The lowest BCUT2D eigenvalue weighted by Gasteiger charge is -2.19. The molecule has 0 radical (unpaired) electrons. The lowest BCUT2D eigenvalue weighted by molar-refractivity contribution is -0.122. The average molecular weight is 355 g/mol. The molecule has 5 nitrogen and oxygen atoms in total. The molecular formula is C21H25NO4. The lowest BCUT2D eigenvalue weighted by Crippen LogP contribution is -2.33. The summed E-state index contributed by atoms with van der Waals surface area (Å²) in [5, 5.41) is 2.87. The Labute approximate surface area is 154 Å². The summed E-state index contributed by atoms with van der Waals surface area (Å²) < 4.78 is 10.9. The number of anilines is 1. The van der Waals surface area contributed by atoms with E-state index < -0.39 is 12.1 Å². The normalized spacial score (nSPS) is 11.5. The van der Waals surface area contributed by atoms with Crippen LogP contribution in [0.5, 0.6) is 5.75 Å². The van der Waals surface area contributed by atoms with E-state index in [1.807, 2.05) is 38.1 Å². The lowest BCUT2D eigenvalue weighted by atomic mass is 10.1. The van der Waals surface area contributed by atoms with E-state index >= 15 is 0 Å². The van der Waals surface area contributed by atoms with E-state index in [-0.39, 0.29) is 5.91 Å². The number of aryl methyl sites for hydroxylation is 1.